The molecule has 5 aromatic heterocycles. The van der Waals surface area contributed by atoms with Crippen molar-refractivity contribution < 1.29 is 0 Å². The summed E-state index contributed by atoms with van der Waals surface area (Å²) in [5.74, 6) is 0. The molecule has 0 aliphatic rings. The zero-order chi connectivity index (χ0) is 29.0. The van der Waals surface area contributed by atoms with E-state index in [1.54, 1.807) is 0 Å². The Balaban J connectivity index is 1.42. The second kappa shape index (κ2) is 9.75. The lowest BCUT2D eigenvalue weighted by Gasteiger charge is -2.14. The molecule has 0 atom stereocenters. The van der Waals surface area contributed by atoms with Crippen LogP contribution >= 0.6 is 0 Å². The van der Waals surface area contributed by atoms with Gasteiger partial charge < -0.3 is 9.13 Å². The van der Waals surface area contributed by atoms with Crippen molar-refractivity contribution in [3.8, 4) is 34.2 Å². The molecule has 5 heteroatoms. The van der Waals surface area contributed by atoms with Gasteiger partial charge in [-0.3, -0.25) is 9.97 Å². The molecule has 0 spiro atoms. The van der Waals surface area contributed by atoms with Crippen LogP contribution in [0.3, 0.4) is 0 Å². The molecule has 0 saturated carbocycles. The molecule has 0 N–H and O–H groups in total. The van der Waals surface area contributed by atoms with Crippen LogP contribution in [0.2, 0.25) is 0 Å². The van der Waals surface area contributed by atoms with Crippen molar-refractivity contribution in [2.45, 2.75) is 0 Å². The van der Waals surface area contributed by atoms with Crippen LogP contribution in [0, 0.1) is 0 Å². The van der Waals surface area contributed by atoms with Crippen molar-refractivity contribution in [2.75, 3.05) is 0 Å². The van der Waals surface area contributed by atoms with Crippen LogP contribution in [-0.4, -0.2) is 24.1 Å². The smallest absolute Gasteiger partial charge is 0.0915 e. The molecule has 206 valence electrons. The molecule has 0 amide bonds. The molecule has 0 unspecified atom stereocenters. The minimum absolute atomic E-state index is 0.801. The molecule has 5 nitrogen and oxygen atoms in total. The maximum Gasteiger partial charge on any atom is 0.0915 e. The average molecular weight is 564 g/mol. The zero-order valence-corrected chi connectivity index (χ0v) is 23.7. The van der Waals surface area contributed by atoms with Gasteiger partial charge in [-0.15, -0.1) is 0 Å². The Morgan fingerprint density at radius 3 is 1.86 bits per heavy atom. The predicted molar refractivity (Wildman–Crippen MR) is 179 cm³/mol. The van der Waals surface area contributed by atoms with Crippen molar-refractivity contribution in [1.29, 1.82) is 0 Å². The third-order valence-corrected chi connectivity index (χ3v) is 8.44. The fraction of sp³-hybridized carbons (Fsp3) is 0. The molecule has 0 aliphatic carbocycles. The van der Waals surface area contributed by atoms with Crippen molar-refractivity contribution in [1.82, 2.24) is 24.1 Å². The molecular weight excluding hydrogens is 538 g/mol. The van der Waals surface area contributed by atoms with Gasteiger partial charge >= 0.3 is 0 Å². The summed E-state index contributed by atoms with van der Waals surface area (Å²) in [5.41, 5.74) is 8.88. The van der Waals surface area contributed by atoms with Gasteiger partial charge in [-0.05, 0) is 72.1 Å². The molecule has 0 aliphatic heterocycles. The fourth-order valence-corrected chi connectivity index (χ4v) is 6.51. The Kier molecular flexibility index (Phi) is 5.43. The summed E-state index contributed by atoms with van der Waals surface area (Å²) in [7, 11) is 0. The van der Waals surface area contributed by atoms with E-state index in [9.17, 15) is 0 Å². The predicted octanol–water partition coefficient (Wildman–Crippen LogP) is 9.40. The summed E-state index contributed by atoms with van der Waals surface area (Å²) in [6.07, 6.45) is 5.80. The Hall–Kier alpha value is -6.07. The van der Waals surface area contributed by atoms with Gasteiger partial charge in [0, 0.05) is 45.8 Å². The van der Waals surface area contributed by atoms with Crippen LogP contribution < -0.4 is 0 Å². The van der Waals surface area contributed by atoms with E-state index >= 15 is 0 Å². The standard InChI is InChI=1S/C39H25N5/c1-2-10-27(11-3-1)43-23-20-31-36(43)19-17-26-16-18-30-29-12-4-5-15-37(29)44(39(30)38(26)31)28-24-34(32-13-6-8-21-40-32)42-35(25-28)33-14-7-9-22-41-33/h1-25H. The van der Waals surface area contributed by atoms with Gasteiger partial charge in [0.15, 0.2) is 0 Å². The van der Waals surface area contributed by atoms with Crippen molar-refractivity contribution in [3.05, 3.63) is 152 Å². The van der Waals surface area contributed by atoms with Crippen molar-refractivity contribution in [2.24, 2.45) is 0 Å². The molecule has 9 aromatic rings. The van der Waals surface area contributed by atoms with Gasteiger partial charge in [0.25, 0.3) is 0 Å². The third kappa shape index (κ3) is 3.76. The highest BCUT2D eigenvalue weighted by Gasteiger charge is 2.19. The molecular formula is C39H25N5. The number of hydrogen-bond acceptors (Lipinski definition) is 3. The Bertz CT molecular complexity index is 2420. The number of hydrogen-bond donors (Lipinski definition) is 0. The molecule has 5 heterocycles. The van der Waals surface area contributed by atoms with Crippen LogP contribution in [0.5, 0.6) is 0 Å². The number of nitrogens with zero attached hydrogens (tertiary/aromatic N) is 5. The van der Waals surface area contributed by atoms with E-state index in [1.807, 2.05) is 48.8 Å². The van der Waals surface area contributed by atoms with E-state index in [0.29, 0.717) is 0 Å². The van der Waals surface area contributed by atoms with Crippen LogP contribution in [0.25, 0.3) is 77.6 Å². The molecule has 4 aromatic carbocycles. The minimum Gasteiger partial charge on any atom is -0.317 e. The van der Waals surface area contributed by atoms with Gasteiger partial charge in [0.2, 0.25) is 0 Å². The maximum atomic E-state index is 5.05. The second-order valence-corrected chi connectivity index (χ2v) is 11.0. The zero-order valence-electron chi connectivity index (χ0n) is 23.7. The SMILES string of the molecule is c1ccc(-n2ccc3c4c(ccc5c6ccccc6n(-c6cc(-c7ccccn7)nc(-c7ccccn7)c6)c54)ccc32)cc1. The van der Waals surface area contributed by atoms with Gasteiger partial charge in [0.05, 0.1) is 45.0 Å². The van der Waals surface area contributed by atoms with E-state index in [0.717, 1.165) is 39.7 Å². The number of pyridine rings is 3. The monoisotopic (exact) mass is 563 g/mol. The quantitative estimate of drug-likeness (QED) is 0.214. The lowest BCUT2D eigenvalue weighted by atomic mass is 10.0. The summed E-state index contributed by atoms with van der Waals surface area (Å²) >= 11 is 0. The highest BCUT2D eigenvalue weighted by molar-refractivity contribution is 6.25. The number of benzene rings is 4. The fourth-order valence-electron chi connectivity index (χ4n) is 6.51. The molecule has 0 radical (unpaired) electrons. The van der Waals surface area contributed by atoms with Crippen LogP contribution in [-0.2, 0) is 0 Å². The molecule has 44 heavy (non-hydrogen) atoms. The number of rotatable bonds is 4. The molecule has 0 fully saturated rings. The van der Waals surface area contributed by atoms with E-state index < -0.39 is 0 Å². The summed E-state index contributed by atoms with van der Waals surface area (Å²) in [5, 5.41) is 6.05. The van der Waals surface area contributed by atoms with Crippen LogP contribution in [0.1, 0.15) is 0 Å². The molecule has 0 saturated heterocycles. The van der Waals surface area contributed by atoms with Crippen LogP contribution in [0.15, 0.2) is 152 Å². The lowest BCUT2D eigenvalue weighted by Crippen LogP contribution is -2.00. The summed E-state index contributed by atoms with van der Waals surface area (Å²) in [6.45, 7) is 0. The minimum atomic E-state index is 0.801. The summed E-state index contributed by atoms with van der Waals surface area (Å²) in [6, 6.07) is 46.6. The Labute approximate surface area is 253 Å². The van der Waals surface area contributed by atoms with Gasteiger partial charge in [-0.1, -0.05) is 66.7 Å². The average Bonchev–Trinajstić information content (AvgIpc) is 3.69. The third-order valence-electron chi connectivity index (χ3n) is 8.44. The molecule has 9 rings (SSSR count). The maximum absolute atomic E-state index is 5.05. The number of aromatic nitrogens is 5. The van der Waals surface area contributed by atoms with Gasteiger partial charge in [-0.2, -0.15) is 0 Å². The largest absolute Gasteiger partial charge is 0.317 e. The van der Waals surface area contributed by atoms with Gasteiger partial charge in [0.1, 0.15) is 0 Å². The first kappa shape index (κ1) is 24.5. The van der Waals surface area contributed by atoms with E-state index in [-0.39, 0.29) is 0 Å². The summed E-state index contributed by atoms with van der Waals surface area (Å²) < 4.78 is 4.66. The van der Waals surface area contributed by atoms with E-state index in [4.69, 9.17) is 4.98 Å². The van der Waals surface area contributed by atoms with Crippen molar-refractivity contribution in [3.63, 3.8) is 0 Å². The second-order valence-electron chi connectivity index (χ2n) is 11.0. The number of fused-ring (bicyclic) bond motifs is 7. The topological polar surface area (TPSA) is 48.5 Å². The number of para-hydroxylation sites is 2. The highest BCUT2D eigenvalue weighted by atomic mass is 15.0. The van der Waals surface area contributed by atoms with Gasteiger partial charge in [-0.25, -0.2) is 4.98 Å². The Morgan fingerprint density at radius 1 is 0.455 bits per heavy atom. The lowest BCUT2D eigenvalue weighted by molar-refractivity contribution is 1.13. The van der Waals surface area contributed by atoms with Crippen LogP contribution in [0.4, 0.5) is 0 Å². The Morgan fingerprint density at radius 2 is 1.14 bits per heavy atom. The van der Waals surface area contributed by atoms with Crippen molar-refractivity contribution >= 4 is 43.5 Å². The first-order chi connectivity index (χ1) is 21.8. The highest BCUT2D eigenvalue weighted by Crippen LogP contribution is 2.41. The molecule has 0 bridgehead atoms. The van der Waals surface area contributed by atoms with E-state index in [2.05, 4.69) is 122 Å². The first-order valence-electron chi connectivity index (χ1n) is 14.7. The summed E-state index contributed by atoms with van der Waals surface area (Å²) in [4.78, 5) is 14.4. The normalized spacial score (nSPS) is 11.6. The van der Waals surface area contributed by atoms with E-state index in [1.165, 1.54) is 38.0 Å². The first-order valence-corrected chi connectivity index (χ1v) is 14.7.